The average Bonchev–Trinajstić information content (AvgIpc) is 2.80. The van der Waals surface area contributed by atoms with Crippen molar-refractivity contribution in [2.24, 2.45) is 5.10 Å². The van der Waals surface area contributed by atoms with E-state index in [0.29, 0.717) is 40.3 Å². The third-order valence-electron chi connectivity index (χ3n) is 4.20. The normalized spacial score (nSPS) is 10.7. The van der Waals surface area contributed by atoms with Crippen LogP contribution in [0.25, 0.3) is 11.3 Å². The molecule has 0 amide bonds. The van der Waals surface area contributed by atoms with Crippen molar-refractivity contribution in [3.63, 3.8) is 0 Å². The number of nitriles is 1. The zero-order valence-corrected chi connectivity index (χ0v) is 20.4. The summed E-state index contributed by atoms with van der Waals surface area (Å²) in [5.41, 5.74) is 3.74. The highest BCUT2D eigenvalue weighted by Gasteiger charge is 2.17. The maximum Gasteiger partial charge on any atom is 0.270 e. The fraction of sp³-hybridized carbons (Fsp3) is 0.182. The number of benzene rings is 2. The molecule has 0 aliphatic rings. The lowest BCUT2D eigenvalue weighted by Gasteiger charge is -2.15. The van der Waals surface area contributed by atoms with E-state index < -0.39 is 5.56 Å². The van der Waals surface area contributed by atoms with Crippen LogP contribution in [0.15, 0.2) is 55.2 Å². The van der Waals surface area contributed by atoms with E-state index in [2.05, 4.69) is 52.4 Å². The van der Waals surface area contributed by atoms with Crippen LogP contribution in [0.5, 0.6) is 11.5 Å². The number of nitrogens with one attached hydrogen (secondary N) is 2. The van der Waals surface area contributed by atoms with E-state index in [-0.39, 0.29) is 17.2 Å². The van der Waals surface area contributed by atoms with E-state index in [4.69, 9.17) is 9.47 Å². The van der Waals surface area contributed by atoms with E-state index in [1.54, 1.807) is 24.4 Å². The Morgan fingerprint density at radius 3 is 2.56 bits per heavy atom. The summed E-state index contributed by atoms with van der Waals surface area (Å²) in [5.74, 6) is 1.27. The molecule has 3 aromatic rings. The second-order valence-electron chi connectivity index (χ2n) is 6.27. The molecule has 32 heavy (non-hydrogen) atoms. The van der Waals surface area contributed by atoms with Gasteiger partial charge in [-0.3, -0.25) is 9.78 Å². The molecule has 1 heterocycles. The van der Waals surface area contributed by atoms with Gasteiger partial charge in [-0.2, -0.15) is 10.4 Å². The molecule has 0 aliphatic heterocycles. The molecule has 0 unspecified atom stereocenters. The molecule has 0 aliphatic carbocycles. The largest absolute Gasteiger partial charge is 0.490 e. The van der Waals surface area contributed by atoms with Gasteiger partial charge in [0.25, 0.3) is 5.56 Å². The Balaban J connectivity index is 1.93. The lowest BCUT2D eigenvalue weighted by molar-refractivity contribution is 0.286. The van der Waals surface area contributed by atoms with Gasteiger partial charge in [0.05, 0.1) is 29.6 Å². The first-order valence-electron chi connectivity index (χ1n) is 9.66. The van der Waals surface area contributed by atoms with Crippen LogP contribution in [-0.2, 0) is 0 Å². The summed E-state index contributed by atoms with van der Waals surface area (Å²) in [6.45, 7) is 4.74. The Morgan fingerprint density at radius 1 is 1.19 bits per heavy atom. The highest BCUT2D eigenvalue weighted by Crippen LogP contribution is 2.42. The van der Waals surface area contributed by atoms with E-state index in [1.165, 1.54) is 0 Å². The summed E-state index contributed by atoms with van der Waals surface area (Å²) >= 11 is 7.06. The van der Waals surface area contributed by atoms with Crippen LogP contribution in [0.4, 0.5) is 5.95 Å². The van der Waals surface area contributed by atoms with Crippen molar-refractivity contribution in [2.75, 3.05) is 18.6 Å². The minimum atomic E-state index is -0.553. The molecule has 0 saturated heterocycles. The van der Waals surface area contributed by atoms with Gasteiger partial charge in [-0.15, -0.1) is 0 Å². The number of nitrogens with zero attached hydrogens (tertiary/aromatic N) is 3. The predicted octanol–water partition coefficient (Wildman–Crippen LogP) is 5.08. The number of aromatic nitrogens is 2. The van der Waals surface area contributed by atoms with Crippen molar-refractivity contribution in [3.8, 4) is 28.8 Å². The SMILES string of the molecule is CCOc1cc(C=NNc2nc(-c3ccccc3)c(C#N)c(=O)[nH]2)c(Br)c(Br)c1OCC. The fourth-order valence-electron chi connectivity index (χ4n) is 2.84. The van der Waals surface area contributed by atoms with Crippen molar-refractivity contribution < 1.29 is 9.47 Å². The molecule has 3 rings (SSSR count). The van der Waals surface area contributed by atoms with E-state index in [0.717, 1.165) is 4.47 Å². The van der Waals surface area contributed by atoms with Gasteiger partial charge < -0.3 is 9.47 Å². The molecule has 0 spiro atoms. The van der Waals surface area contributed by atoms with Crippen molar-refractivity contribution in [1.82, 2.24) is 9.97 Å². The quantitative estimate of drug-likeness (QED) is 0.293. The fourth-order valence-corrected chi connectivity index (χ4v) is 3.77. The standard InChI is InChI=1S/C22H19Br2N5O3/c1-3-31-16-10-14(17(23)18(24)20(16)32-4-2)12-26-29-22-27-19(13-8-6-5-7-9-13)15(11-25)21(30)28-22/h5-10,12H,3-4H2,1-2H3,(H2,27,28,29,30). The van der Waals surface area contributed by atoms with Gasteiger partial charge in [-0.05, 0) is 51.8 Å². The number of ether oxygens (including phenoxy) is 2. The van der Waals surface area contributed by atoms with E-state index in [1.807, 2.05) is 38.1 Å². The highest BCUT2D eigenvalue weighted by molar-refractivity contribution is 9.13. The van der Waals surface area contributed by atoms with Crippen LogP contribution in [0.1, 0.15) is 25.0 Å². The molecule has 8 nitrogen and oxygen atoms in total. The highest BCUT2D eigenvalue weighted by atomic mass is 79.9. The molecule has 10 heteroatoms. The summed E-state index contributed by atoms with van der Waals surface area (Å²) in [7, 11) is 0. The van der Waals surface area contributed by atoms with Crippen molar-refractivity contribution >= 4 is 44.0 Å². The Labute approximate surface area is 201 Å². The van der Waals surface area contributed by atoms with E-state index in [9.17, 15) is 10.1 Å². The summed E-state index contributed by atoms with van der Waals surface area (Å²) < 4.78 is 12.8. The van der Waals surface area contributed by atoms with Crippen LogP contribution in [0, 0.1) is 11.3 Å². The minimum Gasteiger partial charge on any atom is -0.490 e. The molecule has 0 bridgehead atoms. The molecule has 0 saturated carbocycles. The first kappa shape index (κ1) is 23.5. The molecule has 2 N–H and O–H groups in total. The smallest absolute Gasteiger partial charge is 0.270 e. The number of rotatable bonds is 8. The van der Waals surface area contributed by atoms with Gasteiger partial charge in [0.2, 0.25) is 5.95 Å². The topological polar surface area (TPSA) is 112 Å². The summed E-state index contributed by atoms with van der Waals surface area (Å²) in [6.07, 6.45) is 1.55. The molecule has 2 aromatic carbocycles. The lowest BCUT2D eigenvalue weighted by Crippen LogP contribution is -2.16. The van der Waals surface area contributed by atoms with Gasteiger partial charge in [0.15, 0.2) is 11.5 Å². The Bertz CT molecular complexity index is 1240. The predicted molar refractivity (Wildman–Crippen MR) is 130 cm³/mol. The number of hydrogen-bond donors (Lipinski definition) is 2. The number of halogens is 2. The summed E-state index contributed by atoms with van der Waals surface area (Å²) in [5, 5.41) is 13.6. The molecular formula is C22H19Br2N5O3. The zero-order chi connectivity index (χ0) is 23.1. The number of H-pyrrole nitrogens is 1. The van der Waals surface area contributed by atoms with Crippen LogP contribution in [0.3, 0.4) is 0 Å². The van der Waals surface area contributed by atoms with Gasteiger partial charge >= 0.3 is 0 Å². The summed E-state index contributed by atoms with van der Waals surface area (Å²) in [6, 6.07) is 12.7. The maximum absolute atomic E-state index is 12.4. The second-order valence-corrected chi connectivity index (χ2v) is 7.86. The first-order valence-corrected chi connectivity index (χ1v) is 11.2. The Morgan fingerprint density at radius 2 is 1.91 bits per heavy atom. The second kappa shape index (κ2) is 10.9. The van der Waals surface area contributed by atoms with Crippen LogP contribution in [-0.4, -0.2) is 29.4 Å². The molecule has 0 atom stereocenters. The molecule has 0 fully saturated rings. The summed E-state index contributed by atoms with van der Waals surface area (Å²) in [4.78, 5) is 19.2. The van der Waals surface area contributed by atoms with Crippen molar-refractivity contribution in [2.45, 2.75) is 13.8 Å². The zero-order valence-electron chi connectivity index (χ0n) is 17.3. The Hall–Kier alpha value is -3.16. The number of hydrazone groups is 1. The third-order valence-corrected chi connectivity index (χ3v) is 6.34. The lowest BCUT2D eigenvalue weighted by atomic mass is 10.1. The van der Waals surface area contributed by atoms with Gasteiger partial charge in [0, 0.05) is 15.6 Å². The minimum absolute atomic E-state index is 0.0646. The number of aromatic amines is 1. The van der Waals surface area contributed by atoms with Gasteiger partial charge in [-0.1, -0.05) is 30.3 Å². The molecule has 164 valence electrons. The van der Waals surface area contributed by atoms with Crippen LogP contribution in [0.2, 0.25) is 0 Å². The van der Waals surface area contributed by atoms with Crippen molar-refractivity contribution in [1.29, 1.82) is 5.26 Å². The monoisotopic (exact) mass is 559 g/mol. The van der Waals surface area contributed by atoms with Gasteiger partial charge in [0.1, 0.15) is 11.6 Å². The van der Waals surface area contributed by atoms with Crippen LogP contribution >= 0.6 is 31.9 Å². The maximum atomic E-state index is 12.4. The Kier molecular flexibility index (Phi) is 8.03. The third kappa shape index (κ3) is 5.18. The van der Waals surface area contributed by atoms with E-state index >= 15 is 0 Å². The van der Waals surface area contributed by atoms with Crippen molar-refractivity contribution in [3.05, 3.63) is 66.8 Å². The molecular weight excluding hydrogens is 542 g/mol. The molecule has 1 aromatic heterocycles. The first-order chi connectivity index (χ1) is 15.5. The average molecular weight is 561 g/mol. The van der Waals surface area contributed by atoms with Gasteiger partial charge in [-0.25, -0.2) is 10.4 Å². The van der Waals surface area contributed by atoms with Crippen LogP contribution < -0.4 is 20.5 Å². The number of anilines is 1. The molecule has 0 radical (unpaired) electrons. The number of hydrogen-bond acceptors (Lipinski definition) is 7.